The molecule has 39 heavy (non-hydrogen) atoms. The lowest BCUT2D eigenvalue weighted by atomic mass is 9.99. The van der Waals surface area contributed by atoms with Crippen LogP contribution < -0.4 is 5.32 Å². The second-order valence-electron chi connectivity index (χ2n) is 9.71. The molecule has 2 aromatic carbocycles. The Morgan fingerprint density at radius 2 is 1.69 bits per heavy atom. The van der Waals surface area contributed by atoms with Crippen molar-refractivity contribution in [3.8, 4) is 22.4 Å². The van der Waals surface area contributed by atoms with Gasteiger partial charge in [-0.05, 0) is 43.7 Å². The lowest BCUT2D eigenvalue weighted by Crippen LogP contribution is -2.19. The molecule has 3 aromatic heterocycles. The lowest BCUT2D eigenvalue weighted by molar-refractivity contribution is -0.137. The van der Waals surface area contributed by atoms with Crippen molar-refractivity contribution in [3.63, 3.8) is 0 Å². The van der Waals surface area contributed by atoms with Gasteiger partial charge in [0, 0.05) is 36.1 Å². The number of pyridine rings is 1. The van der Waals surface area contributed by atoms with E-state index in [4.69, 9.17) is 0 Å². The van der Waals surface area contributed by atoms with Gasteiger partial charge in [-0.3, -0.25) is 9.08 Å². The maximum absolute atomic E-state index is 15.2. The average Bonchev–Trinajstić information content (AvgIpc) is 3.50. The first-order valence-corrected chi connectivity index (χ1v) is 12.0. The molecular weight excluding hydrogens is 514 g/mol. The van der Waals surface area contributed by atoms with Gasteiger partial charge < -0.3 is 15.5 Å². The first kappa shape index (κ1) is 26.4. The van der Waals surface area contributed by atoms with Crippen molar-refractivity contribution in [1.82, 2.24) is 19.2 Å². The van der Waals surface area contributed by atoms with Gasteiger partial charge in [-0.1, -0.05) is 30.3 Å². The molecule has 0 bridgehead atoms. The molecule has 0 aliphatic rings. The van der Waals surface area contributed by atoms with E-state index in [0.717, 1.165) is 11.6 Å². The Labute approximate surface area is 221 Å². The van der Waals surface area contributed by atoms with E-state index < -0.39 is 34.9 Å². The van der Waals surface area contributed by atoms with Crippen LogP contribution in [0.15, 0.2) is 73.2 Å². The molecule has 5 aromatic rings. The number of benzene rings is 2. The van der Waals surface area contributed by atoms with Crippen molar-refractivity contribution in [1.29, 1.82) is 0 Å². The number of halogens is 4. The fraction of sp³-hybridized carbons (Fsp3) is 0.214. The number of fused-ring (bicyclic) bond motifs is 1. The summed E-state index contributed by atoms with van der Waals surface area (Å²) < 4.78 is 59.5. The van der Waals surface area contributed by atoms with Gasteiger partial charge in [-0.15, -0.1) is 0 Å². The van der Waals surface area contributed by atoms with Crippen LogP contribution in [-0.2, 0) is 18.8 Å². The highest BCUT2D eigenvalue weighted by molar-refractivity contribution is 5.87. The number of aliphatic hydroxyl groups is 2. The van der Waals surface area contributed by atoms with Gasteiger partial charge in [0.2, 0.25) is 0 Å². The van der Waals surface area contributed by atoms with Crippen molar-refractivity contribution >= 4 is 11.3 Å². The van der Waals surface area contributed by atoms with E-state index in [2.05, 4.69) is 15.4 Å². The highest BCUT2D eigenvalue weighted by Gasteiger charge is 2.36. The number of hydrogen-bond donors (Lipinski definition) is 3. The number of nitrogens with one attached hydrogen (secondary N) is 1. The predicted octanol–water partition coefficient (Wildman–Crippen LogP) is 5.89. The molecule has 0 aliphatic heterocycles. The normalized spacial score (nSPS) is 13.2. The first-order chi connectivity index (χ1) is 18.3. The Morgan fingerprint density at radius 3 is 2.31 bits per heavy atom. The summed E-state index contributed by atoms with van der Waals surface area (Å²) >= 11 is 0. The van der Waals surface area contributed by atoms with Gasteiger partial charge in [0.05, 0.1) is 28.8 Å². The summed E-state index contributed by atoms with van der Waals surface area (Å²) in [5, 5.41) is 28.7. The van der Waals surface area contributed by atoms with Crippen LogP contribution in [-0.4, -0.2) is 29.4 Å². The van der Waals surface area contributed by atoms with Gasteiger partial charge >= 0.3 is 6.18 Å². The minimum Gasteiger partial charge on any atom is -0.384 e. The summed E-state index contributed by atoms with van der Waals surface area (Å²) in [4.78, 5) is 4.43. The summed E-state index contributed by atoms with van der Waals surface area (Å²) in [6.07, 6.45) is -1.93. The molecule has 0 radical (unpaired) electrons. The van der Waals surface area contributed by atoms with E-state index >= 15 is 4.39 Å². The monoisotopic (exact) mass is 539 g/mol. The maximum Gasteiger partial charge on any atom is 0.417 e. The van der Waals surface area contributed by atoms with Crippen molar-refractivity contribution < 1.29 is 27.8 Å². The van der Waals surface area contributed by atoms with Crippen LogP contribution in [0, 0.1) is 5.82 Å². The third kappa shape index (κ3) is 4.98. The van der Waals surface area contributed by atoms with Crippen molar-refractivity contribution in [3.05, 3.63) is 95.8 Å². The third-order valence-corrected chi connectivity index (χ3v) is 6.40. The Balaban J connectivity index is 1.66. The maximum atomic E-state index is 15.2. The molecule has 3 N–H and O–H groups in total. The van der Waals surface area contributed by atoms with E-state index in [1.165, 1.54) is 23.1 Å². The minimum absolute atomic E-state index is 0.0200. The zero-order chi connectivity index (χ0) is 28.1. The molecule has 202 valence electrons. The number of rotatable bonds is 6. The molecule has 0 amide bonds. The summed E-state index contributed by atoms with van der Waals surface area (Å²) in [7, 11) is 1.55. The largest absolute Gasteiger partial charge is 0.417 e. The summed E-state index contributed by atoms with van der Waals surface area (Å²) in [6, 6.07) is 13.6. The molecule has 7 nitrogen and oxygen atoms in total. The van der Waals surface area contributed by atoms with Crippen LogP contribution in [0.1, 0.15) is 36.9 Å². The number of nitrogens with zero attached hydrogens (tertiary/aromatic N) is 4. The minimum atomic E-state index is -4.85. The number of anilines is 1. The molecule has 0 spiro atoms. The van der Waals surface area contributed by atoms with E-state index in [1.54, 1.807) is 37.6 Å². The SMILES string of the molecule is Cn1ccc(-c2cc(C(O)Nc3c(-c4ccccc4)ccn4c(C(C)(C)O)cnc34)c(F)cc2C(F)(F)F)n1. The molecule has 0 fully saturated rings. The Bertz CT molecular complexity index is 1650. The third-order valence-electron chi connectivity index (χ3n) is 6.40. The standard InChI is InChI=1S/C28H25F4N5O2/c1-27(2,39)23-15-33-25-24(17(9-12-37(23)25)16-7-5-4-6-8-16)34-26(38)19-13-18(22-10-11-36(3)35-22)20(14-21(19)29)28(30,31)32/h4-15,26,34,38-39H,1-3H3. The summed E-state index contributed by atoms with van der Waals surface area (Å²) in [5.41, 5.74) is -0.801. The predicted molar refractivity (Wildman–Crippen MR) is 138 cm³/mol. The van der Waals surface area contributed by atoms with Gasteiger partial charge in [0.25, 0.3) is 0 Å². The number of aryl methyl sites for hydroxylation is 1. The van der Waals surface area contributed by atoms with Gasteiger partial charge in [-0.2, -0.15) is 18.3 Å². The number of aromatic nitrogens is 4. The van der Waals surface area contributed by atoms with Crippen LogP contribution in [0.4, 0.5) is 23.2 Å². The zero-order valence-corrected chi connectivity index (χ0v) is 21.2. The molecule has 0 aliphatic carbocycles. The van der Waals surface area contributed by atoms with Crippen LogP contribution in [0.5, 0.6) is 0 Å². The summed E-state index contributed by atoms with van der Waals surface area (Å²) in [5.74, 6) is -1.24. The Hall–Kier alpha value is -4.22. The molecule has 1 atom stereocenters. The fourth-order valence-corrected chi connectivity index (χ4v) is 4.52. The van der Waals surface area contributed by atoms with Crippen LogP contribution in [0.25, 0.3) is 28.0 Å². The number of alkyl halides is 3. The second-order valence-corrected chi connectivity index (χ2v) is 9.71. The quantitative estimate of drug-likeness (QED) is 0.185. The zero-order valence-electron chi connectivity index (χ0n) is 21.2. The number of imidazole rings is 1. The van der Waals surface area contributed by atoms with E-state index in [-0.39, 0.29) is 11.3 Å². The topological polar surface area (TPSA) is 87.6 Å². The van der Waals surface area contributed by atoms with Crippen LogP contribution in [0.2, 0.25) is 0 Å². The van der Waals surface area contributed by atoms with Crippen molar-refractivity contribution in [2.75, 3.05) is 5.32 Å². The van der Waals surface area contributed by atoms with Crippen molar-refractivity contribution in [2.45, 2.75) is 31.9 Å². The van der Waals surface area contributed by atoms with Gasteiger partial charge in [-0.25, -0.2) is 9.37 Å². The molecule has 5 rings (SSSR count). The average molecular weight is 540 g/mol. The Morgan fingerprint density at radius 1 is 0.974 bits per heavy atom. The molecule has 11 heteroatoms. The highest BCUT2D eigenvalue weighted by Crippen LogP contribution is 2.40. The second kappa shape index (κ2) is 9.51. The van der Waals surface area contributed by atoms with Gasteiger partial charge in [0.15, 0.2) is 11.9 Å². The van der Waals surface area contributed by atoms with E-state index in [1.807, 2.05) is 30.3 Å². The van der Waals surface area contributed by atoms with E-state index in [9.17, 15) is 23.4 Å². The smallest absolute Gasteiger partial charge is 0.384 e. The molecule has 0 saturated carbocycles. The van der Waals surface area contributed by atoms with E-state index in [0.29, 0.717) is 28.7 Å². The highest BCUT2D eigenvalue weighted by atomic mass is 19.4. The molecule has 0 saturated heterocycles. The summed E-state index contributed by atoms with van der Waals surface area (Å²) in [6.45, 7) is 3.19. The lowest BCUT2D eigenvalue weighted by Gasteiger charge is -2.22. The number of hydrogen-bond acceptors (Lipinski definition) is 5. The molecular formula is C28H25F4N5O2. The van der Waals surface area contributed by atoms with Gasteiger partial charge in [0.1, 0.15) is 11.4 Å². The van der Waals surface area contributed by atoms with Crippen molar-refractivity contribution in [2.24, 2.45) is 7.05 Å². The first-order valence-electron chi connectivity index (χ1n) is 12.0. The molecule has 1 unspecified atom stereocenters. The fourth-order valence-electron chi connectivity index (χ4n) is 4.52. The molecule has 3 heterocycles. The number of aliphatic hydroxyl groups excluding tert-OH is 1. The van der Waals surface area contributed by atoms with Crippen LogP contribution in [0.3, 0.4) is 0 Å². The Kier molecular flexibility index (Phi) is 6.44. The van der Waals surface area contributed by atoms with Crippen LogP contribution >= 0.6 is 0 Å².